The van der Waals surface area contributed by atoms with E-state index in [1.54, 1.807) is 29.1 Å². The van der Waals surface area contributed by atoms with Gasteiger partial charge in [0, 0.05) is 12.7 Å². The molecule has 1 fully saturated rings. The topological polar surface area (TPSA) is 63.3 Å². The molecule has 1 aliphatic rings. The molecule has 0 aliphatic carbocycles. The number of aryl methyl sites for hydroxylation is 1. The van der Waals surface area contributed by atoms with Gasteiger partial charge in [-0.1, -0.05) is 0 Å². The first kappa shape index (κ1) is 18.4. The molecule has 7 heteroatoms. The van der Waals surface area contributed by atoms with E-state index < -0.39 is 0 Å². The van der Waals surface area contributed by atoms with E-state index >= 15 is 0 Å². The van der Waals surface area contributed by atoms with Gasteiger partial charge in [0.2, 0.25) is 0 Å². The fraction of sp³-hybridized carbons (Fsp3) is 0.333. The zero-order valence-corrected chi connectivity index (χ0v) is 15.8. The molecule has 1 amide bonds. The minimum atomic E-state index is -0.310. The second-order valence-corrected chi connectivity index (χ2v) is 7.04. The molecule has 0 spiro atoms. The van der Waals surface area contributed by atoms with Crippen LogP contribution in [0.25, 0.3) is 5.69 Å². The van der Waals surface area contributed by atoms with E-state index in [4.69, 9.17) is 4.42 Å². The molecule has 0 bridgehead atoms. The standard InChI is InChI=1S/C21H23FN4O2/c1-15-4-9-20(28-15)19(25-11-2-3-12-25)14-23-21(27)18-10-13-26(24-18)17-7-5-16(22)6-8-17/h4-10,13,19H,2-3,11-12,14H2,1H3,(H,23,27). The van der Waals surface area contributed by atoms with Crippen LogP contribution in [-0.4, -0.2) is 40.2 Å². The number of hydrogen-bond donors (Lipinski definition) is 1. The number of likely N-dealkylation sites (tertiary alicyclic amines) is 1. The predicted octanol–water partition coefficient (Wildman–Crippen LogP) is 3.48. The highest BCUT2D eigenvalue weighted by Crippen LogP contribution is 2.26. The van der Waals surface area contributed by atoms with Crippen molar-refractivity contribution in [1.29, 1.82) is 0 Å². The highest BCUT2D eigenvalue weighted by Gasteiger charge is 2.26. The fourth-order valence-electron chi connectivity index (χ4n) is 3.56. The Labute approximate surface area is 162 Å². The van der Waals surface area contributed by atoms with E-state index in [2.05, 4.69) is 15.3 Å². The average molecular weight is 382 g/mol. The Morgan fingerprint density at radius 1 is 1.18 bits per heavy atom. The molecule has 1 aromatic carbocycles. The number of carbonyl (C=O) groups is 1. The molecule has 0 radical (unpaired) electrons. The Bertz CT molecular complexity index is 941. The van der Waals surface area contributed by atoms with Crippen LogP contribution in [0.1, 0.15) is 40.9 Å². The zero-order chi connectivity index (χ0) is 19.5. The molecule has 1 atom stereocenters. The van der Waals surface area contributed by atoms with Crippen LogP contribution >= 0.6 is 0 Å². The number of benzene rings is 1. The van der Waals surface area contributed by atoms with Crippen LogP contribution in [0.4, 0.5) is 4.39 Å². The Balaban J connectivity index is 1.44. The van der Waals surface area contributed by atoms with Gasteiger partial charge in [0.25, 0.3) is 5.91 Å². The molecule has 1 N–H and O–H groups in total. The van der Waals surface area contributed by atoms with Crippen molar-refractivity contribution in [3.05, 3.63) is 71.7 Å². The van der Waals surface area contributed by atoms with Crippen molar-refractivity contribution < 1.29 is 13.6 Å². The van der Waals surface area contributed by atoms with Gasteiger partial charge >= 0.3 is 0 Å². The summed E-state index contributed by atoms with van der Waals surface area (Å²) in [7, 11) is 0. The van der Waals surface area contributed by atoms with Crippen LogP contribution in [0.5, 0.6) is 0 Å². The molecule has 28 heavy (non-hydrogen) atoms. The van der Waals surface area contributed by atoms with Crippen molar-refractivity contribution in [3.63, 3.8) is 0 Å². The number of rotatable bonds is 6. The summed E-state index contributed by atoms with van der Waals surface area (Å²) in [6.45, 7) is 4.37. The first-order chi connectivity index (χ1) is 13.6. The lowest BCUT2D eigenvalue weighted by molar-refractivity contribution is 0.0928. The third-order valence-corrected chi connectivity index (χ3v) is 5.04. The third kappa shape index (κ3) is 3.99. The molecule has 1 aliphatic heterocycles. The van der Waals surface area contributed by atoms with Crippen LogP contribution in [0.2, 0.25) is 0 Å². The molecule has 1 saturated heterocycles. The van der Waals surface area contributed by atoms with Crippen LogP contribution in [0.3, 0.4) is 0 Å². The van der Waals surface area contributed by atoms with Gasteiger partial charge in [0.1, 0.15) is 17.3 Å². The van der Waals surface area contributed by atoms with Crippen molar-refractivity contribution in [2.75, 3.05) is 19.6 Å². The number of hydrogen-bond acceptors (Lipinski definition) is 4. The summed E-state index contributed by atoms with van der Waals surface area (Å²) in [5.41, 5.74) is 1.02. The molecule has 4 rings (SSSR count). The number of furan rings is 1. The van der Waals surface area contributed by atoms with Crippen LogP contribution in [-0.2, 0) is 0 Å². The first-order valence-electron chi connectivity index (χ1n) is 9.50. The van der Waals surface area contributed by atoms with Gasteiger partial charge in [0.15, 0.2) is 5.69 Å². The lowest BCUT2D eigenvalue weighted by Crippen LogP contribution is -2.36. The SMILES string of the molecule is Cc1ccc(C(CNC(=O)c2ccn(-c3ccc(F)cc3)n2)N2CCCC2)o1. The van der Waals surface area contributed by atoms with Gasteiger partial charge in [0.05, 0.1) is 11.7 Å². The highest BCUT2D eigenvalue weighted by atomic mass is 19.1. The van der Waals surface area contributed by atoms with Gasteiger partial charge in [-0.25, -0.2) is 9.07 Å². The quantitative estimate of drug-likeness (QED) is 0.709. The van der Waals surface area contributed by atoms with Gasteiger partial charge < -0.3 is 9.73 Å². The summed E-state index contributed by atoms with van der Waals surface area (Å²) in [4.78, 5) is 14.9. The Morgan fingerprint density at radius 2 is 1.93 bits per heavy atom. The minimum absolute atomic E-state index is 0.0133. The number of halogens is 1. The smallest absolute Gasteiger partial charge is 0.271 e. The molecule has 146 valence electrons. The van der Waals surface area contributed by atoms with Crippen molar-refractivity contribution in [2.45, 2.75) is 25.8 Å². The molecular formula is C21H23FN4O2. The maximum atomic E-state index is 13.1. The van der Waals surface area contributed by atoms with Gasteiger partial charge in [-0.2, -0.15) is 5.10 Å². The molecule has 3 aromatic rings. The zero-order valence-electron chi connectivity index (χ0n) is 15.8. The summed E-state index contributed by atoms with van der Waals surface area (Å²) in [6, 6.07) is 11.6. The molecule has 2 aromatic heterocycles. The van der Waals surface area contributed by atoms with Crippen LogP contribution < -0.4 is 5.32 Å². The van der Waals surface area contributed by atoms with Crippen LogP contribution in [0, 0.1) is 12.7 Å². The fourth-order valence-corrected chi connectivity index (χ4v) is 3.56. The maximum Gasteiger partial charge on any atom is 0.271 e. The summed E-state index contributed by atoms with van der Waals surface area (Å²) in [6.07, 6.45) is 4.01. The van der Waals surface area contributed by atoms with E-state index in [9.17, 15) is 9.18 Å². The van der Waals surface area contributed by atoms with Crippen molar-refractivity contribution in [2.24, 2.45) is 0 Å². The van der Waals surface area contributed by atoms with E-state index in [1.165, 1.54) is 12.1 Å². The van der Waals surface area contributed by atoms with E-state index in [-0.39, 0.29) is 17.8 Å². The predicted molar refractivity (Wildman–Crippen MR) is 103 cm³/mol. The van der Waals surface area contributed by atoms with E-state index in [1.807, 2.05) is 19.1 Å². The third-order valence-electron chi connectivity index (χ3n) is 5.04. The number of nitrogens with zero attached hydrogens (tertiary/aromatic N) is 3. The summed E-state index contributed by atoms with van der Waals surface area (Å²) in [5, 5.41) is 7.29. The molecule has 6 nitrogen and oxygen atoms in total. The Hall–Kier alpha value is -2.93. The highest BCUT2D eigenvalue weighted by molar-refractivity contribution is 5.92. The minimum Gasteiger partial charge on any atom is -0.465 e. The van der Waals surface area contributed by atoms with Gasteiger partial charge in [-0.3, -0.25) is 9.69 Å². The largest absolute Gasteiger partial charge is 0.465 e. The lowest BCUT2D eigenvalue weighted by atomic mass is 10.2. The normalized spacial score (nSPS) is 15.6. The number of amides is 1. The average Bonchev–Trinajstić information content (AvgIpc) is 3.44. The van der Waals surface area contributed by atoms with Gasteiger partial charge in [-0.05, 0) is 75.3 Å². The van der Waals surface area contributed by atoms with E-state index in [0.29, 0.717) is 17.9 Å². The monoisotopic (exact) mass is 382 g/mol. The lowest BCUT2D eigenvalue weighted by Gasteiger charge is -2.25. The maximum absolute atomic E-state index is 13.1. The van der Waals surface area contributed by atoms with Crippen molar-refractivity contribution >= 4 is 5.91 Å². The van der Waals surface area contributed by atoms with Gasteiger partial charge in [-0.15, -0.1) is 0 Å². The molecule has 3 heterocycles. The number of aromatic nitrogens is 2. The molecule has 1 unspecified atom stereocenters. The number of carbonyl (C=O) groups excluding carboxylic acids is 1. The second kappa shape index (κ2) is 7.98. The van der Waals surface area contributed by atoms with Crippen molar-refractivity contribution in [3.8, 4) is 5.69 Å². The second-order valence-electron chi connectivity index (χ2n) is 7.04. The Kier molecular flexibility index (Phi) is 5.25. The molecular weight excluding hydrogens is 359 g/mol. The Morgan fingerprint density at radius 3 is 2.61 bits per heavy atom. The molecule has 0 saturated carbocycles. The van der Waals surface area contributed by atoms with Crippen LogP contribution in [0.15, 0.2) is 53.1 Å². The van der Waals surface area contributed by atoms with E-state index in [0.717, 1.165) is 37.5 Å². The summed E-state index contributed by atoms with van der Waals surface area (Å²) >= 11 is 0. The first-order valence-corrected chi connectivity index (χ1v) is 9.50. The summed E-state index contributed by atoms with van der Waals surface area (Å²) < 4.78 is 20.5. The summed E-state index contributed by atoms with van der Waals surface area (Å²) in [5.74, 6) is 1.18. The van der Waals surface area contributed by atoms with Crippen molar-refractivity contribution in [1.82, 2.24) is 20.0 Å². The number of nitrogens with one attached hydrogen (secondary N) is 1.